The number of piperidine rings is 1. The third-order valence-corrected chi connectivity index (χ3v) is 9.81. The smallest absolute Gasteiger partial charge is 0.255 e. The van der Waals surface area contributed by atoms with Gasteiger partial charge in [-0.3, -0.25) is 29.3 Å². The molecule has 0 saturated carbocycles. The van der Waals surface area contributed by atoms with Gasteiger partial charge in [0.05, 0.1) is 12.6 Å². The van der Waals surface area contributed by atoms with Crippen LogP contribution in [0.3, 0.4) is 0 Å². The van der Waals surface area contributed by atoms with Crippen molar-refractivity contribution >= 4 is 40.3 Å². The van der Waals surface area contributed by atoms with E-state index in [-0.39, 0.29) is 48.7 Å². The van der Waals surface area contributed by atoms with Crippen LogP contribution in [-0.4, -0.2) is 83.2 Å². The third kappa shape index (κ3) is 6.87. The van der Waals surface area contributed by atoms with E-state index in [0.717, 1.165) is 41.3 Å². The zero-order chi connectivity index (χ0) is 33.9. The minimum atomic E-state index is -0.678. The molecule has 11 heteroatoms. The highest BCUT2D eigenvalue weighted by Crippen LogP contribution is 2.30. The first-order chi connectivity index (χ1) is 23.9. The van der Waals surface area contributed by atoms with E-state index in [9.17, 15) is 24.0 Å². The molecule has 4 atom stereocenters. The third-order valence-electron chi connectivity index (χ3n) is 9.81. The molecular formula is C38H39N5O6. The lowest BCUT2D eigenvalue weighted by Crippen LogP contribution is -2.52. The quantitative estimate of drug-likeness (QED) is 0.192. The van der Waals surface area contributed by atoms with E-state index < -0.39 is 18.0 Å². The Labute approximate surface area is 284 Å². The fraction of sp³-hybridized carbons (Fsp3) is 0.395. The topological polar surface area (TPSA) is 137 Å². The summed E-state index contributed by atoms with van der Waals surface area (Å²) in [7, 11) is 0. The van der Waals surface area contributed by atoms with Gasteiger partial charge in [0.15, 0.2) is 0 Å². The Morgan fingerprint density at radius 3 is 2.67 bits per heavy atom. The minimum Gasteiger partial charge on any atom is -0.488 e. The van der Waals surface area contributed by atoms with Gasteiger partial charge in [-0.25, -0.2) is 0 Å². The van der Waals surface area contributed by atoms with Crippen molar-refractivity contribution in [1.82, 2.24) is 25.8 Å². The molecule has 7 rings (SSSR count). The molecule has 4 aliphatic rings. The number of fused-ring (bicyclic) bond motifs is 2. The summed E-state index contributed by atoms with van der Waals surface area (Å²) < 4.78 is 6.33. The predicted molar refractivity (Wildman–Crippen MR) is 181 cm³/mol. The first-order valence-electron chi connectivity index (χ1n) is 17.1. The summed E-state index contributed by atoms with van der Waals surface area (Å²) in [6.45, 7) is 1.80. The van der Waals surface area contributed by atoms with Crippen LogP contribution in [0.1, 0.15) is 66.4 Å². The standard InChI is InChI=1S/C38H39N5O6/c44-34-17-16-32(36(46)41-34)43-23-30-25(11-6-12-29(30)37(43)47)9-2-1-5-18-40-35(45)33-21-28(22-42(33)38(48)31-13-7-19-39-31)49-27-15-14-24-8-3-4-10-26(24)20-27/h3-4,6,8,10-12,14-15,20,28,31-33,39H,1,5,7,13,16-19,21-23H2,(H,40,45)(H,41,44,46)/t28-,31-,32?,33-/m0/s1. The number of ether oxygens (including phenoxy) is 1. The second-order valence-electron chi connectivity index (χ2n) is 13.1. The first kappa shape index (κ1) is 32.3. The molecule has 252 valence electrons. The van der Waals surface area contributed by atoms with Gasteiger partial charge in [0.25, 0.3) is 5.91 Å². The molecule has 3 saturated heterocycles. The van der Waals surface area contributed by atoms with Crippen molar-refractivity contribution in [3.63, 3.8) is 0 Å². The molecule has 49 heavy (non-hydrogen) atoms. The number of carbonyl (C=O) groups excluding carboxylic acids is 5. The molecule has 5 amide bonds. The van der Waals surface area contributed by atoms with E-state index in [1.807, 2.05) is 48.5 Å². The summed E-state index contributed by atoms with van der Waals surface area (Å²) in [6, 6.07) is 17.8. The monoisotopic (exact) mass is 661 g/mol. The van der Waals surface area contributed by atoms with Gasteiger partial charge in [-0.15, -0.1) is 0 Å². The van der Waals surface area contributed by atoms with Crippen molar-refractivity contribution < 1.29 is 28.7 Å². The molecule has 3 aromatic carbocycles. The number of rotatable bonds is 8. The Morgan fingerprint density at radius 1 is 1.00 bits per heavy atom. The average molecular weight is 662 g/mol. The maximum absolute atomic E-state index is 13.5. The van der Waals surface area contributed by atoms with E-state index >= 15 is 0 Å². The van der Waals surface area contributed by atoms with E-state index in [4.69, 9.17) is 4.74 Å². The van der Waals surface area contributed by atoms with Crippen LogP contribution in [0.2, 0.25) is 0 Å². The van der Waals surface area contributed by atoms with Crippen molar-refractivity contribution in [3.05, 3.63) is 77.4 Å². The van der Waals surface area contributed by atoms with Crippen molar-refractivity contribution in [1.29, 1.82) is 0 Å². The van der Waals surface area contributed by atoms with Crippen LogP contribution in [0.25, 0.3) is 10.8 Å². The maximum Gasteiger partial charge on any atom is 0.255 e. The van der Waals surface area contributed by atoms with Crippen LogP contribution >= 0.6 is 0 Å². The second-order valence-corrected chi connectivity index (χ2v) is 13.1. The van der Waals surface area contributed by atoms with Crippen LogP contribution in [0, 0.1) is 11.8 Å². The molecule has 4 aliphatic heterocycles. The molecule has 3 fully saturated rings. The number of carbonyl (C=O) groups is 5. The summed E-state index contributed by atoms with van der Waals surface area (Å²) in [4.78, 5) is 67.2. The summed E-state index contributed by atoms with van der Waals surface area (Å²) in [5.74, 6) is 5.80. The highest BCUT2D eigenvalue weighted by atomic mass is 16.5. The molecule has 0 bridgehead atoms. The zero-order valence-electron chi connectivity index (χ0n) is 27.2. The molecule has 1 unspecified atom stereocenters. The molecule has 0 radical (unpaired) electrons. The van der Waals surface area contributed by atoms with E-state index in [1.165, 1.54) is 4.90 Å². The minimum absolute atomic E-state index is 0.0572. The van der Waals surface area contributed by atoms with Gasteiger partial charge in [-0.05, 0) is 72.8 Å². The molecule has 0 spiro atoms. The van der Waals surface area contributed by atoms with Gasteiger partial charge in [-0.2, -0.15) is 0 Å². The molecule has 11 nitrogen and oxygen atoms in total. The summed E-state index contributed by atoms with van der Waals surface area (Å²) >= 11 is 0. The Kier molecular flexibility index (Phi) is 9.31. The van der Waals surface area contributed by atoms with Gasteiger partial charge in [0, 0.05) is 43.5 Å². The summed E-state index contributed by atoms with van der Waals surface area (Å²) in [6.07, 6.45) is 3.42. The Hall–Kier alpha value is -5.21. The van der Waals surface area contributed by atoms with Crippen LogP contribution in [-0.2, 0) is 25.7 Å². The van der Waals surface area contributed by atoms with Gasteiger partial charge in [0.2, 0.25) is 23.6 Å². The Balaban J connectivity index is 0.945. The number of likely N-dealkylation sites (tertiary alicyclic amines) is 1. The number of imide groups is 1. The van der Waals surface area contributed by atoms with Crippen molar-refractivity contribution in [2.45, 2.75) is 75.7 Å². The number of unbranched alkanes of at least 4 members (excludes halogenated alkanes) is 1. The lowest BCUT2D eigenvalue weighted by atomic mass is 10.0. The number of nitrogens with one attached hydrogen (secondary N) is 3. The SMILES string of the molecule is O=C1CCC(N2Cc3c(C#CCCCNC(=O)[C@@H]4C[C@H](Oc5ccc6ccccc6c5)CN4C(=O)[C@@H]4CCCN4)cccc3C2=O)C(=O)N1. The number of nitrogens with zero attached hydrogens (tertiary/aromatic N) is 2. The lowest BCUT2D eigenvalue weighted by Gasteiger charge is -2.29. The highest BCUT2D eigenvalue weighted by Gasteiger charge is 2.43. The van der Waals surface area contributed by atoms with Gasteiger partial charge in [-0.1, -0.05) is 48.2 Å². The zero-order valence-corrected chi connectivity index (χ0v) is 27.2. The lowest BCUT2D eigenvalue weighted by molar-refractivity contribution is -0.139. The number of amides is 5. The molecular weight excluding hydrogens is 622 g/mol. The van der Waals surface area contributed by atoms with Crippen LogP contribution in [0.5, 0.6) is 5.75 Å². The Bertz CT molecular complexity index is 1870. The molecule has 0 aromatic heterocycles. The van der Waals surface area contributed by atoms with Crippen molar-refractivity contribution in [2.75, 3.05) is 19.6 Å². The van der Waals surface area contributed by atoms with Crippen LogP contribution < -0.4 is 20.7 Å². The van der Waals surface area contributed by atoms with Gasteiger partial charge in [0.1, 0.15) is 23.9 Å². The first-order valence-corrected chi connectivity index (χ1v) is 17.1. The summed E-state index contributed by atoms with van der Waals surface area (Å²) in [5.41, 5.74) is 2.03. The number of hydrogen-bond donors (Lipinski definition) is 3. The van der Waals surface area contributed by atoms with E-state index in [2.05, 4.69) is 27.8 Å². The highest BCUT2D eigenvalue weighted by molar-refractivity contribution is 6.05. The molecule has 0 aliphatic carbocycles. The van der Waals surface area contributed by atoms with E-state index in [1.54, 1.807) is 17.0 Å². The summed E-state index contributed by atoms with van der Waals surface area (Å²) in [5, 5.41) is 10.8. The van der Waals surface area contributed by atoms with Gasteiger partial charge < -0.3 is 25.2 Å². The van der Waals surface area contributed by atoms with Crippen LogP contribution in [0.4, 0.5) is 0 Å². The predicted octanol–water partition coefficient (Wildman–Crippen LogP) is 2.65. The largest absolute Gasteiger partial charge is 0.488 e. The van der Waals surface area contributed by atoms with Gasteiger partial charge >= 0.3 is 0 Å². The molecule has 3 N–H and O–H groups in total. The van der Waals surface area contributed by atoms with Crippen molar-refractivity contribution in [3.8, 4) is 17.6 Å². The maximum atomic E-state index is 13.5. The normalized spacial score (nSPS) is 23.2. The number of hydrogen-bond acceptors (Lipinski definition) is 7. The Morgan fingerprint density at radius 2 is 1.86 bits per heavy atom. The second kappa shape index (κ2) is 14.1. The molecule has 4 heterocycles. The van der Waals surface area contributed by atoms with Crippen LogP contribution in [0.15, 0.2) is 60.7 Å². The van der Waals surface area contributed by atoms with E-state index in [0.29, 0.717) is 50.1 Å². The van der Waals surface area contributed by atoms with Crippen molar-refractivity contribution in [2.24, 2.45) is 0 Å². The fourth-order valence-electron chi connectivity index (χ4n) is 7.27. The molecule has 3 aromatic rings. The number of benzene rings is 3. The average Bonchev–Trinajstić information content (AvgIpc) is 3.86. The fourth-order valence-corrected chi connectivity index (χ4v) is 7.27.